The van der Waals surface area contributed by atoms with Gasteiger partial charge in [-0.25, -0.2) is 9.97 Å². The van der Waals surface area contributed by atoms with Crippen LogP contribution in [-0.2, 0) is 0 Å². The van der Waals surface area contributed by atoms with Gasteiger partial charge in [-0.05, 0) is 6.92 Å². The molecule has 22 heavy (non-hydrogen) atoms. The van der Waals surface area contributed by atoms with Gasteiger partial charge in [0.25, 0.3) is 0 Å². The minimum Gasteiger partial charge on any atom is -0.474 e. The summed E-state index contributed by atoms with van der Waals surface area (Å²) in [5.41, 5.74) is 0.172. The first kappa shape index (κ1) is 18.2. The summed E-state index contributed by atoms with van der Waals surface area (Å²) in [6.07, 6.45) is 8.04. The van der Waals surface area contributed by atoms with Crippen molar-refractivity contribution in [1.82, 2.24) is 15.3 Å². The van der Waals surface area contributed by atoms with E-state index in [1.807, 2.05) is 6.92 Å². The van der Waals surface area contributed by atoms with Crippen LogP contribution >= 0.6 is 33.4 Å². The number of nitrogens with zero attached hydrogens (tertiary/aromatic N) is 2. The van der Waals surface area contributed by atoms with Crippen LogP contribution in [0.25, 0.3) is 0 Å². The zero-order chi connectivity index (χ0) is 16.3. The van der Waals surface area contributed by atoms with Crippen LogP contribution in [-0.4, -0.2) is 33.7 Å². The predicted octanol–water partition coefficient (Wildman–Crippen LogP) is 4.13. The highest BCUT2D eigenvalue weighted by molar-refractivity contribution is 14.1. The van der Waals surface area contributed by atoms with Crippen LogP contribution in [0.2, 0.25) is 24.8 Å². The topological polar surface area (TPSA) is 47.0 Å². The molecule has 0 radical (unpaired) electrons. The molecule has 0 spiro atoms. The Morgan fingerprint density at radius 2 is 1.77 bits per heavy atom. The molecule has 3 heterocycles. The minimum absolute atomic E-state index is 0.200. The van der Waals surface area contributed by atoms with E-state index in [1.165, 1.54) is 6.33 Å². The van der Waals surface area contributed by atoms with Gasteiger partial charge in [0.1, 0.15) is 23.2 Å². The number of ether oxygens (including phenoxy) is 1. The minimum atomic E-state index is -0.641. The molecule has 0 saturated carbocycles. The molecule has 0 aliphatic carbocycles. The molecular formula is C15H23ClIN3OSi. The number of hydrogen-bond acceptors (Lipinski definition) is 4. The fraction of sp³-hybridized carbons (Fsp3) is 0.600. The summed E-state index contributed by atoms with van der Waals surface area (Å²) in [4.78, 5) is 8.07. The largest absolute Gasteiger partial charge is 0.474 e. The molecule has 3 rings (SSSR count). The number of fused-ring (bicyclic) bond motifs is 2. The first-order chi connectivity index (χ1) is 10.2. The van der Waals surface area contributed by atoms with Gasteiger partial charge in [-0.2, -0.15) is 0 Å². The number of nitrogens with one attached hydrogen (secondary N) is 1. The molecule has 2 atom stereocenters. The first-order valence-electron chi connectivity index (χ1n) is 7.49. The van der Waals surface area contributed by atoms with Crippen molar-refractivity contribution in [3.05, 3.63) is 29.2 Å². The van der Waals surface area contributed by atoms with Crippen LogP contribution in [0.1, 0.15) is 18.4 Å². The third-order valence-corrected chi connectivity index (χ3v) is 3.67. The smallest absolute Gasteiger partial charge is 0.221 e. The summed E-state index contributed by atoms with van der Waals surface area (Å²) in [7, 11) is 0. The van der Waals surface area contributed by atoms with E-state index in [0.29, 0.717) is 23.1 Å². The third kappa shape index (κ3) is 5.79. The molecule has 0 aromatic carbocycles. The summed E-state index contributed by atoms with van der Waals surface area (Å²) in [5.74, 6) is 0.608. The average Bonchev–Trinajstić information content (AvgIpc) is 2.72. The van der Waals surface area contributed by atoms with E-state index in [4.69, 9.17) is 16.3 Å². The van der Waals surface area contributed by atoms with Crippen molar-refractivity contribution in [1.29, 1.82) is 0 Å². The van der Waals surface area contributed by atoms with Crippen molar-refractivity contribution in [3.8, 4) is 5.88 Å². The van der Waals surface area contributed by atoms with Crippen molar-refractivity contribution in [2.75, 3.05) is 0 Å². The van der Waals surface area contributed by atoms with E-state index < -0.39 is 5.57 Å². The molecule has 4 nitrogen and oxygen atoms in total. The molecule has 1 saturated heterocycles. The second-order valence-electron chi connectivity index (χ2n) is 6.64. The van der Waals surface area contributed by atoms with Crippen LogP contribution in [0.3, 0.4) is 0 Å². The average molecular weight is 452 g/mol. The lowest BCUT2D eigenvalue weighted by atomic mass is 10.0. The van der Waals surface area contributed by atoms with Gasteiger partial charge in [0.05, 0.1) is 0 Å². The molecule has 1 aromatic heterocycles. The first-order valence-corrected chi connectivity index (χ1v) is 14.5. The zero-order valence-corrected chi connectivity index (χ0v) is 17.4. The lowest BCUT2D eigenvalue weighted by Gasteiger charge is -2.29. The zero-order valence-electron chi connectivity index (χ0n) is 13.4. The fourth-order valence-electron chi connectivity index (χ4n) is 2.40. The molecule has 1 aromatic rings. The van der Waals surface area contributed by atoms with Crippen molar-refractivity contribution in [3.63, 3.8) is 0 Å². The third-order valence-electron chi connectivity index (χ3n) is 3.29. The maximum absolute atomic E-state index is 5.95. The van der Waals surface area contributed by atoms with E-state index in [0.717, 1.165) is 18.4 Å². The Bertz CT molecular complexity index is 530. The maximum atomic E-state index is 5.95. The second kappa shape index (κ2) is 7.59. The number of hydrogen-bond donors (Lipinski definition) is 1. The van der Waals surface area contributed by atoms with Gasteiger partial charge in [0, 0.05) is 30.5 Å². The van der Waals surface area contributed by atoms with E-state index in [9.17, 15) is 0 Å². The van der Waals surface area contributed by atoms with Crippen LogP contribution < -0.4 is 10.1 Å². The molecular weight excluding hydrogens is 429 g/mol. The molecule has 0 unspecified atom stereocenters. The normalized spacial score (nSPS) is 26.4. The van der Waals surface area contributed by atoms with Gasteiger partial charge in [0.15, 0.2) is 0 Å². The highest BCUT2D eigenvalue weighted by atomic mass is 127. The van der Waals surface area contributed by atoms with Crippen molar-refractivity contribution < 1.29 is 4.74 Å². The van der Waals surface area contributed by atoms with Crippen molar-refractivity contribution in [2.24, 2.45) is 0 Å². The Hall–Kier alpha value is -0.183. The Kier molecular flexibility index (Phi) is 6.27. The van der Waals surface area contributed by atoms with Crippen LogP contribution in [0, 0.1) is 6.92 Å². The van der Waals surface area contributed by atoms with Gasteiger partial charge in [0.2, 0.25) is 5.88 Å². The lowest BCUT2D eigenvalue weighted by molar-refractivity contribution is 0.135. The summed E-state index contributed by atoms with van der Waals surface area (Å²) in [6, 6.07) is 0.882. The molecule has 122 valence electrons. The van der Waals surface area contributed by atoms with Gasteiger partial charge in [-0.1, -0.05) is 43.4 Å². The number of piperidine rings is 1. The molecule has 1 N–H and O–H groups in total. The second-order valence-corrected chi connectivity index (χ2v) is 20.8. The molecule has 2 aliphatic rings. The van der Waals surface area contributed by atoms with E-state index in [-0.39, 0.29) is 6.10 Å². The van der Waals surface area contributed by atoms with E-state index in [1.54, 1.807) is 0 Å². The molecule has 1 fully saturated rings. The lowest BCUT2D eigenvalue weighted by Crippen LogP contribution is -2.43. The Morgan fingerprint density at radius 3 is 2.32 bits per heavy atom. The maximum Gasteiger partial charge on any atom is 0.221 e. The highest BCUT2D eigenvalue weighted by Gasteiger charge is 2.31. The number of halogens is 2. The van der Waals surface area contributed by atoms with Crippen molar-refractivity contribution in [2.45, 2.75) is 57.6 Å². The molecule has 2 bridgehead atoms. The van der Waals surface area contributed by atoms with Crippen molar-refractivity contribution >= 4 is 39.0 Å². The van der Waals surface area contributed by atoms with Gasteiger partial charge in [-0.15, -0.1) is 21.8 Å². The van der Waals surface area contributed by atoms with E-state index in [2.05, 4.69) is 68.9 Å². The Labute approximate surface area is 151 Å². The highest BCUT2D eigenvalue weighted by Crippen LogP contribution is 2.27. The Morgan fingerprint density at radius 1 is 1.23 bits per heavy atom. The summed E-state index contributed by atoms with van der Waals surface area (Å²) in [6.45, 7) is 8.82. The van der Waals surface area contributed by atoms with E-state index >= 15 is 0 Å². The summed E-state index contributed by atoms with van der Waals surface area (Å²) < 4.78 is 5.93. The van der Waals surface area contributed by atoms with Crippen LogP contribution in [0.5, 0.6) is 5.88 Å². The quantitative estimate of drug-likeness (QED) is 0.241. The SMILES string of the molecule is C[Si](C)(C)I.Cc1c(Cl)ncnc1OC1C[C@@H]2C=C[C@@H](C1)N2. The summed E-state index contributed by atoms with van der Waals surface area (Å²) >= 11 is 8.46. The van der Waals surface area contributed by atoms with Gasteiger partial charge < -0.3 is 10.1 Å². The molecule has 2 aliphatic heterocycles. The summed E-state index contributed by atoms with van der Waals surface area (Å²) in [5, 5.41) is 3.95. The molecule has 7 heteroatoms. The van der Waals surface area contributed by atoms with Crippen LogP contribution in [0.15, 0.2) is 18.5 Å². The van der Waals surface area contributed by atoms with Gasteiger partial charge in [-0.3, -0.25) is 0 Å². The van der Waals surface area contributed by atoms with Crippen LogP contribution in [0.4, 0.5) is 0 Å². The fourth-order valence-corrected chi connectivity index (χ4v) is 2.52. The Balaban J connectivity index is 0.000000309. The molecule has 0 amide bonds. The predicted molar refractivity (Wildman–Crippen MR) is 103 cm³/mol. The van der Waals surface area contributed by atoms with Gasteiger partial charge >= 0.3 is 0 Å². The number of rotatable bonds is 2. The monoisotopic (exact) mass is 451 g/mol. The standard InChI is InChI=1S/C12H14ClN3O.C3H9ISi/c1-7-11(13)14-6-15-12(7)17-10-4-8-2-3-9(5-10)16-8;1-5(2,3)4/h2-3,6,8-10,16H,4-5H2,1H3;1-3H3/t8-,9-;/m0./s1. The number of aromatic nitrogens is 2.